The van der Waals surface area contributed by atoms with E-state index in [0.29, 0.717) is 12.8 Å². The molecule has 14 heavy (non-hydrogen) atoms. The zero-order chi connectivity index (χ0) is 11.2. The Morgan fingerprint density at radius 2 is 1.43 bits per heavy atom. The molecule has 0 heterocycles. The number of hydrogen-bond acceptors (Lipinski definition) is 2. The van der Waals surface area contributed by atoms with Crippen molar-refractivity contribution in [2.45, 2.75) is 46.0 Å². The van der Waals surface area contributed by atoms with Gasteiger partial charge in [0.05, 0.1) is 0 Å². The summed E-state index contributed by atoms with van der Waals surface area (Å²) in [5.41, 5.74) is -0.156. The summed E-state index contributed by atoms with van der Waals surface area (Å²) in [6, 6.07) is 0. The van der Waals surface area contributed by atoms with E-state index >= 15 is 0 Å². The maximum atomic E-state index is 10.4. The molecule has 0 aromatic carbocycles. The van der Waals surface area contributed by atoms with Gasteiger partial charge >= 0.3 is 11.9 Å². The molecule has 0 spiro atoms. The molecule has 0 saturated carbocycles. The molecule has 2 N–H and O–H groups in total. The first kappa shape index (κ1) is 12.9. The second kappa shape index (κ2) is 5.62. The van der Waals surface area contributed by atoms with Crippen molar-refractivity contribution in [1.82, 2.24) is 0 Å². The highest BCUT2D eigenvalue weighted by Gasteiger charge is 2.23. The van der Waals surface area contributed by atoms with Crippen LogP contribution in [0.5, 0.6) is 0 Å². The normalized spacial score (nSPS) is 11.3. The number of hydrogen-bond donors (Lipinski definition) is 2. The average Bonchev–Trinajstić information content (AvgIpc) is 2.11. The summed E-state index contributed by atoms with van der Waals surface area (Å²) >= 11 is 0. The molecule has 0 aliphatic heterocycles. The van der Waals surface area contributed by atoms with Gasteiger partial charge in [0.2, 0.25) is 0 Å². The van der Waals surface area contributed by atoms with Crippen molar-refractivity contribution in [3.05, 3.63) is 0 Å². The van der Waals surface area contributed by atoms with Crippen molar-refractivity contribution in [3.8, 4) is 0 Å². The summed E-state index contributed by atoms with van der Waals surface area (Å²) < 4.78 is 0. The standard InChI is InChI=1S/C10H18O4/c1-3-10(2,6-4-8(11)12)7-5-9(13)14/h3-7H2,1-2H3,(H,11,12)(H,13,14). The molecule has 0 bridgehead atoms. The van der Waals surface area contributed by atoms with E-state index in [9.17, 15) is 9.59 Å². The molecule has 0 aromatic heterocycles. The number of carboxylic acids is 2. The zero-order valence-corrected chi connectivity index (χ0v) is 8.75. The molecule has 0 fully saturated rings. The van der Waals surface area contributed by atoms with Gasteiger partial charge in [0.25, 0.3) is 0 Å². The van der Waals surface area contributed by atoms with E-state index in [1.54, 1.807) is 0 Å². The summed E-state index contributed by atoms with van der Waals surface area (Å²) in [5.74, 6) is -1.64. The molecule has 4 nitrogen and oxygen atoms in total. The predicted molar refractivity (Wildman–Crippen MR) is 52.1 cm³/mol. The van der Waals surface area contributed by atoms with Crippen molar-refractivity contribution in [2.24, 2.45) is 5.41 Å². The van der Waals surface area contributed by atoms with Crippen molar-refractivity contribution >= 4 is 11.9 Å². The van der Waals surface area contributed by atoms with E-state index in [1.807, 2.05) is 13.8 Å². The molecule has 0 rings (SSSR count). The molecule has 0 unspecified atom stereocenters. The second-order valence-corrected chi connectivity index (χ2v) is 3.95. The zero-order valence-electron chi connectivity index (χ0n) is 8.75. The Labute approximate surface area is 83.9 Å². The third kappa shape index (κ3) is 5.56. The van der Waals surface area contributed by atoms with Crippen LogP contribution in [-0.2, 0) is 9.59 Å². The van der Waals surface area contributed by atoms with E-state index in [0.717, 1.165) is 6.42 Å². The number of carbonyl (C=O) groups is 2. The topological polar surface area (TPSA) is 74.6 Å². The monoisotopic (exact) mass is 202 g/mol. The van der Waals surface area contributed by atoms with Gasteiger partial charge in [-0.2, -0.15) is 0 Å². The van der Waals surface area contributed by atoms with Crippen LogP contribution in [0.25, 0.3) is 0 Å². The van der Waals surface area contributed by atoms with Crippen LogP contribution >= 0.6 is 0 Å². The number of aliphatic carboxylic acids is 2. The fourth-order valence-corrected chi connectivity index (χ4v) is 1.30. The van der Waals surface area contributed by atoms with Gasteiger partial charge in [-0.1, -0.05) is 20.3 Å². The van der Waals surface area contributed by atoms with E-state index < -0.39 is 11.9 Å². The Morgan fingerprint density at radius 3 is 1.64 bits per heavy atom. The molecule has 82 valence electrons. The maximum Gasteiger partial charge on any atom is 0.303 e. The van der Waals surface area contributed by atoms with Crippen molar-refractivity contribution in [3.63, 3.8) is 0 Å². The Bertz CT molecular complexity index is 192. The highest BCUT2D eigenvalue weighted by molar-refractivity contribution is 5.67. The highest BCUT2D eigenvalue weighted by atomic mass is 16.4. The minimum absolute atomic E-state index is 0.115. The van der Waals surface area contributed by atoms with Crippen LogP contribution in [0.1, 0.15) is 46.0 Å². The molecular formula is C10H18O4. The SMILES string of the molecule is CCC(C)(CCC(=O)O)CCC(=O)O. The van der Waals surface area contributed by atoms with Gasteiger partial charge in [0.15, 0.2) is 0 Å². The average molecular weight is 202 g/mol. The third-order valence-corrected chi connectivity index (χ3v) is 2.74. The molecule has 0 saturated heterocycles. The lowest BCUT2D eigenvalue weighted by molar-refractivity contribution is -0.137. The Kier molecular flexibility index (Phi) is 5.20. The Morgan fingerprint density at radius 1 is 1.07 bits per heavy atom. The molecule has 0 aromatic rings. The largest absolute Gasteiger partial charge is 0.481 e. The summed E-state index contributed by atoms with van der Waals surface area (Å²) in [6.45, 7) is 3.91. The van der Waals surface area contributed by atoms with Crippen LogP contribution in [0, 0.1) is 5.41 Å². The third-order valence-electron chi connectivity index (χ3n) is 2.74. The lowest BCUT2D eigenvalue weighted by Gasteiger charge is -2.26. The minimum Gasteiger partial charge on any atom is -0.481 e. The lowest BCUT2D eigenvalue weighted by Crippen LogP contribution is -2.18. The van der Waals surface area contributed by atoms with Crippen molar-refractivity contribution in [2.75, 3.05) is 0 Å². The first-order valence-electron chi connectivity index (χ1n) is 4.83. The van der Waals surface area contributed by atoms with Crippen LogP contribution in [0.3, 0.4) is 0 Å². The second-order valence-electron chi connectivity index (χ2n) is 3.95. The van der Waals surface area contributed by atoms with Gasteiger partial charge in [-0.15, -0.1) is 0 Å². The van der Waals surface area contributed by atoms with Crippen LogP contribution in [0.4, 0.5) is 0 Å². The maximum absolute atomic E-state index is 10.4. The van der Waals surface area contributed by atoms with E-state index in [4.69, 9.17) is 10.2 Å². The summed E-state index contributed by atoms with van der Waals surface area (Å²) in [7, 11) is 0. The highest BCUT2D eigenvalue weighted by Crippen LogP contribution is 2.32. The van der Waals surface area contributed by atoms with Gasteiger partial charge < -0.3 is 10.2 Å². The van der Waals surface area contributed by atoms with Gasteiger partial charge in [0.1, 0.15) is 0 Å². The van der Waals surface area contributed by atoms with Crippen LogP contribution in [0.15, 0.2) is 0 Å². The Hall–Kier alpha value is -1.06. The first-order chi connectivity index (χ1) is 6.39. The number of rotatable bonds is 7. The molecule has 0 amide bonds. The van der Waals surface area contributed by atoms with Gasteiger partial charge in [-0.25, -0.2) is 0 Å². The molecule has 0 aliphatic carbocycles. The molecule has 0 aliphatic rings. The molecule has 0 atom stereocenters. The smallest absolute Gasteiger partial charge is 0.303 e. The lowest BCUT2D eigenvalue weighted by atomic mass is 9.79. The summed E-state index contributed by atoms with van der Waals surface area (Å²) in [6.07, 6.45) is 2.14. The van der Waals surface area contributed by atoms with Gasteiger partial charge in [-0.05, 0) is 18.3 Å². The summed E-state index contributed by atoms with van der Waals surface area (Å²) in [4.78, 5) is 20.8. The van der Waals surface area contributed by atoms with Crippen molar-refractivity contribution in [1.29, 1.82) is 0 Å². The molecule has 4 heteroatoms. The quantitative estimate of drug-likeness (QED) is 0.663. The van der Waals surface area contributed by atoms with Crippen LogP contribution in [-0.4, -0.2) is 22.2 Å². The van der Waals surface area contributed by atoms with E-state index in [-0.39, 0.29) is 18.3 Å². The van der Waals surface area contributed by atoms with E-state index in [2.05, 4.69) is 0 Å². The fraction of sp³-hybridized carbons (Fsp3) is 0.800. The minimum atomic E-state index is -0.819. The van der Waals surface area contributed by atoms with Crippen molar-refractivity contribution < 1.29 is 19.8 Å². The van der Waals surface area contributed by atoms with Gasteiger partial charge in [0, 0.05) is 12.8 Å². The first-order valence-corrected chi connectivity index (χ1v) is 4.83. The van der Waals surface area contributed by atoms with E-state index in [1.165, 1.54) is 0 Å². The Balaban J connectivity index is 4.03. The molecule has 0 radical (unpaired) electrons. The molecular weight excluding hydrogens is 184 g/mol. The fourth-order valence-electron chi connectivity index (χ4n) is 1.30. The van der Waals surface area contributed by atoms with Crippen LogP contribution in [0.2, 0.25) is 0 Å². The van der Waals surface area contributed by atoms with Gasteiger partial charge in [-0.3, -0.25) is 9.59 Å². The summed E-state index contributed by atoms with van der Waals surface area (Å²) in [5, 5.41) is 17.1. The van der Waals surface area contributed by atoms with Crippen LogP contribution < -0.4 is 0 Å². The number of carboxylic acid groups (broad SMARTS) is 2. The predicted octanol–water partition coefficient (Wildman–Crippen LogP) is 2.13.